The highest BCUT2D eigenvalue weighted by Gasteiger charge is 2.02. The number of hydrogen-bond donors (Lipinski definition) is 2. The molecule has 16 heavy (non-hydrogen) atoms. The second-order valence-corrected chi connectivity index (χ2v) is 4.80. The fraction of sp³-hybridized carbons (Fsp3) is 0.583. The number of rotatable bonds is 7. The van der Waals surface area contributed by atoms with Gasteiger partial charge < -0.3 is 10.4 Å². The van der Waals surface area contributed by atoms with Gasteiger partial charge >= 0.3 is 0 Å². The van der Waals surface area contributed by atoms with Gasteiger partial charge in [-0.25, -0.2) is 4.98 Å². The Morgan fingerprint density at radius 3 is 2.94 bits per heavy atom. The molecular formula is C12H20N2OS. The van der Waals surface area contributed by atoms with Gasteiger partial charge in [-0.1, -0.05) is 13.0 Å². The summed E-state index contributed by atoms with van der Waals surface area (Å²) in [5.41, 5.74) is 2.41. The minimum Gasteiger partial charge on any atom is -0.396 e. The minimum atomic E-state index is 0.200. The molecule has 0 amide bonds. The van der Waals surface area contributed by atoms with E-state index < -0.39 is 0 Å². The average molecular weight is 240 g/mol. The average Bonchev–Trinajstić information content (AvgIpc) is 2.28. The molecule has 90 valence electrons. The molecule has 0 aromatic carbocycles. The fourth-order valence-electron chi connectivity index (χ4n) is 1.42. The van der Waals surface area contributed by atoms with Gasteiger partial charge in [-0.15, -0.1) is 11.8 Å². The van der Waals surface area contributed by atoms with Gasteiger partial charge in [0.05, 0.1) is 11.6 Å². The molecule has 0 saturated carbocycles. The Bertz CT molecular complexity index is 318. The van der Waals surface area contributed by atoms with Gasteiger partial charge in [-0.2, -0.15) is 0 Å². The summed E-state index contributed by atoms with van der Waals surface area (Å²) in [6.45, 7) is 6.35. The smallest absolute Gasteiger partial charge is 0.0990 e. The zero-order valence-electron chi connectivity index (χ0n) is 9.99. The fourth-order valence-corrected chi connectivity index (χ4v) is 2.12. The molecule has 1 rings (SSSR count). The summed E-state index contributed by atoms with van der Waals surface area (Å²) < 4.78 is 0. The van der Waals surface area contributed by atoms with Crippen LogP contribution >= 0.6 is 11.8 Å². The number of pyridine rings is 1. The second-order valence-electron chi connectivity index (χ2n) is 3.71. The molecule has 0 aliphatic rings. The summed E-state index contributed by atoms with van der Waals surface area (Å²) in [6, 6.07) is 2.16. The Hall–Kier alpha value is -0.580. The van der Waals surface area contributed by atoms with Crippen LogP contribution in [0.25, 0.3) is 0 Å². The zero-order chi connectivity index (χ0) is 11.8. The van der Waals surface area contributed by atoms with Crippen molar-refractivity contribution in [3.05, 3.63) is 23.4 Å². The van der Waals surface area contributed by atoms with Crippen molar-refractivity contribution in [2.45, 2.75) is 31.8 Å². The SMILES string of the molecule is CCCNCc1cnc(SCCO)c(C)c1. The summed E-state index contributed by atoms with van der Waals surface area (Å²) in [7, 11) is 0. The number of aryl methyl sites for hydroxylation is 1. The van der Waals surface area contributed by atoms with Crippen molar-refractivity contribution in [3.8, 4) is 0 Å². The van der Waals surface area contributed by atoms with Crippen molar-refractivity contribution in [2.24, 2.45) is 0 Å². The Labute approximate surface area is 102 Å². The maximum atomic E-state index is 8.76. The molecule has 0 fully saturated rings. The zero-order valence-corrected chi connectivity index (χ0v) is 10.8. The van der Waals surface area contributed by atoms with Gasteiger partial charge in [-0.3, -0.25) is 0 Å². The number of aliphatic hydroxyl groups is 1. The van der Waals surface area contributed by atoms with Crippen molar-refractivity contribution in [3.63, 3.8) is 0 Å². The van der Waals surface area contributed by atoms with Crippen molar-refractivity contribution in [1.82, 2.24) is 10.3 Å². The number of nitrogens with zero attached hydrogens (tertiary/aromatic N) is 1. The van der Waals surface area contributed by atoms with E-state index in [2.05, 4.69) is 30.2 Å². The van der Waals surface area contributed by atoms with E-state index in [-0.39, 0.29) is 6.61 Å². The monoisotopic (exact) mass is 240 g/mol. The highest BCUT2D eigenvalue weighted by atomic mass is 32.2. The lowest BCUT2D eigenvalue weighted by atomic mass is 10.2. The van der Waals surface area contributed by atoms with Crippen molar-refractivity contribution in [2.75, 3.05) is 18.9 Å². The molecule has 0 atom stereocenters. The van der Waals surface area contributed by atoms with E-state index in [1.807, 2.05) is 6.20 Å². The van der Waals surface area contributed by atoms with Crippen molar-refractivity contribution < 1.29 is 5.11 Å². The van der Waals surface area contributed by atoms with Gasteiger partial charge in [-0.05, 0) is 31.0 Å². The Balaban J connectivity index is 2.53. The first-order valence-electron chi connectivity index (χ1n) is 5.67. The lowest BCUT2D eigenvalue weighted by Gasteiger charge is -2.07. The molecule has 0 bridgehead atoms. The van der Waals surface area contributed by atoms with Crippen LogP contribution in [0, 0.1) is 6.92 Å². The van der Waals surface area contributed by atoms with E-state index in [0.717, 1.165) is 24.5 Å². The minimum absolute atomic E-state index is 0.200. The number of aliphatic hydroxyl groups excluding tert-OH is 1. The molecule has 0 unspecified atom stereocenters. The van der Waals surface area contributed by atoms with E-state index in [4.69, 9.17) is 5.11 Å². The topological polar surface area (TPSA) is 45.2 Å². The van der Waals surface area contributed by atoms with Crippen LogP contribution in [0.3, 0.4) is 0 Å². The van der Waals surface area contributed by atoms with Crippen molar-refractivity contribution in [1.29, 1.82) is 0 Å². The highest BCUT2D eigenvalue weighted by Crippen LogP contribution is 2.19. The van der Waals surface area contributed by atoms with E-state index >= 15 is 0 Å². The molecule has 0 spiro atoms. The van der Waals surface area contributed by atoms with Crippen molar-refractivity contribution >= 4 is 11.8 Å². The van der Waals surface area contributed by atoms with Crippen LogP contribution in [0.5, 0.6) is 0 Å². The Kier molecular flexibility index (Phi) is 6.45. The van der Waals surface area contributed by atoms with Gasteiger partial charge in [0.25, 0.3) is 0 Å². The molecule has 1 aromatic heterocycles. The number of hydrogen-bond acceptors (Lipinski definition) is 4. The van der Waals surface area contributed by atoms with Crippen LogP contribution in [0.2, 0.25) is 0 Å². The van der Waals surface area contributed by atoms with Gasteiger partial charge in [0, 0.05) is 18.5 Å². The third-order valence-electron chi connectivity index (χ3n) is 2.17. The summed E-state index contributed by atoms with van der Waals surface area (Å²) in [5, 5.41) is 13.1. The third kappa shape index (κ3) is 4.51. The molecule has 1 aromatic rings. The molecule has 0 saturated heterocycles. The maximum absolute atomic E-state index is 8.76. The lowest BCUT2D eigenvalue weighted by Crippen LogP contribution is -2.14. The van der Waals surface area contributed by atoms with Crippen LogP contribution in [0.1, 0.15) is 24.5 Å². The molecule has 0 aliphatic heterocycles. The summed E-state index contributed by atoms with van der Waals surface area (Å²) in [6.07, 6.45) is 3.06. The van der Waals surface area contributed by atoms with Crippen LogP contribution in [0.15, 0.2) is 17.3 Å². The molecule has 0 radical (unpaired) electrons. The quantitative estimate of drug-likeness (QED) is 0.565. The van der Waals surface area contributed by atoms with E-state index in [0.29, 0.717) is 5.75 Å². The van der Waals surface area contributed by atoms with Gasteiger partial charge in [0.15, 0.2) is 0 Å². The van der Waals surface area contributed by atoms with Crippen LogP contribution in [0.4, 0.5) is 0 Å². The first-order valence-corrected chi connectivity index (χ1v) is 6.66. The van der Waals surface area contributed by atoms with E-state index in [1.54, 1.807) is 11.8 Å². The normalized spacial score (nSPS) is 10.7. The maximum Gasteiger partial charge on any atom is 0.0990 e. The first kappa shape index (κ1) is 13.5. The van der Waals surface area contributed by atoms with Crippen LogP contribution in [-0.4, -0.2) is 29.0 Å². The largest absolute Gasteiger partial charge is 0.396 e. The number of thioether (sulfide) groups is 1. The molecule has 3 nitrogen and oxygen atoms in total. The number of aromatic nitrogens is 1. The predicted molar refractivity (Wildman–Crippen MR) is 68.8 cm³/mol. The highest BCUT2D eigenvalue weighted by molar-refractivity contribution is 7.99. The van der Waals surface area contributed by atoms with E-state index in [9.17, 15) is 0 Å². The Morgan fingerprint density at radius 2 is 2.31 bits per heavy atom. The molecule has 0 aliphatic carbocycles. The summed E-state index contributed by atoms with van der Waals surface area (Å²) in [5.74, 6) is 0.710. The molecule has 2 N–H and O–H groups in total. The predicted octanol–water partition coefficient (Wildman–Crippen LogP) is 1.97. The molecule has 4 heteroatoms. The third-order valence-corrected chi connectivity index (χ3v) is 3.26. The standard InChI is InChI=1S/C12H20N2OS/c1-3-4-13-8-11-7-10(2)12(14-9-11)16-6-5-15/h7,9,13,15H,3-6,8H2,1-2H3. The Morgan fingerprint density at radius 1 is 1.50 bits per heavy atom. The molecule has 1 heterocycles. The molecular weight excluding hydrogens is 220 g/mol. The van der Waals surface area contributed by atoms with Gasteiger partial charge in [0.1, 0.15) is 0 Å². The van der Waals surface area contributed by atoms with Crippen LogP contribution in [-0.2, 0) is 6.54 Å². The summed E-state index contributed by atoms with van der Waals surface area (Å²) >= 11 is 1.60. The lowest BCUT2D eigenvalue weighted by molar-refractivity contribution is 0.322. The number of nitrogens with one attached hydrogen (secondary N) is 1. The van der Waals surface area contributed by atoms with E-state index in [1.165, 1.54) is 11.1 Å². The summed E-state index contributed by atoms with van der Waals surface area (Å²) in [4.78, 5) is 4.41. The van der Waals surface area contributed by atoms with Crippen LogP contribution < -0.4 is 5.32 Å². The second kappa shape index (κ2) is 7.65. The first-order chi connectivity index (χ1) is 7.77. The van der Waals surface area contributed by atoms with Gasteiger partial charge in [0.2, 0.25) is 0 Å².